The van der Waals surface area contributed by atoms with Gasteiger partial charge < -0.3 is 0 Å². The Morgan fingerprint density at radius 1 is 0.229 bits per heavy atom. The Bertz CT molecular complexity index is 2170. The first-order valence-corrected chi connectivity index (χ1v) is 16.1. The Balaban J connectivity index is 1.30. The molecule has 0 radical (unpaired) electrons. The highest BCUT2D eigenvalue weighted by Gasteiger charge is 2.18. The van der Waals surface area contributed by atoms with Crippen LogP contribution in [0.5, 0.6) is 0 Å². The molecule has 226 valence electrons. The van der Waals surface area contributed by atoms with Crippen LogP contribution in [0.15, 0.2) is 188 Å². The average Bonchev–Trinajstić information content (AvgIpc) is 3.19. The van der Waals surface area contributed by atoms with Crippen molar-refractivity contribution in [3.05, 3.63) is 188 Å². The van der Waals surface area contributed by atoms with Crippen LogP contribution >= 0.6 is 0 Å². The van der Waals surface area contributed by atoms with Crippen LogP contribution in [0.2, 0.25) is 0 Å². The molecular weight excluding hydrogens is 583 g/mol. The highest BCUT2D eigenvalue weighted by molar-refractivity contribution is 5.98. The normalized spacial score (nSPS) is 10.9. The molecule has 8 rings (SSSR count). The third-order valence-corrected chi connectivity index (χ3v) is 8.55. The van der Waals surface area contributed by atoms with Crippen molar-refractivity contribution < 1.29 is 0 Å². The first-order chi connectivity index (χ1) is 23.8. The smallest absolute Gasteiger partial charge is 0.164 e. The summed E-state index contributed by atoms with van der Waals surface area (Å²) in [6.45, 7) is 0. The third kappa shape index (κ3) is 5.93. The SMILES string of the molecule is c1ccc(-c2cc(-c3ccccc3)c(-c3ccc(-c4nc(-c5ccccc5)nc(-c5ccccc5)n4)cc3)c(-c3ccccc3)c2)cc1. The molecule has 3 heteroatoms. The molecule has 3 nitrogen and oxygen atoms in total. The van der Waals surface area contributed by atoms with Crippen molar-refractivity contribution >= 4 is 0 Å². The second kappa shape index (κ2) is 13.1. The molecule has 0 atom stereocenters. The fourth-order valence-corrected chi connectivity index (χ4v) is 6.16. The minimum atomic E-state index is 0.639. The lowest BCUT2D eigenvalue weighted by Crippen LogP contribution is -2.00. The topological polar surface area (TPSA) is 38.7 Å². The summed E-state index contributed by atoms with van der Waals surface area (Å²) in [5.41, 5.74) is 12.2. The predicted molar refractivity (Wildman–Crippen MR) is 198 cm³/mol. The first-order valence-electron chi connectivity index (χ1n) is 16.1. The van der Waals surface area contributed by atoms with E-state index in [4.69, 9.17) is 15.0 Å². The molecule has 0 fully saturated rings. The van der Waals surface area contributed by atoms with Gasteiger partial charge in [-0.3, -0.25) is 0 Å². The van der Waals surface area contributed by atoms with E-state index < -0.39 is 0 Å². The van der Waals surface area contributed by atoms with Gasteiger partial charge in [0.2, 0.25) is 0 Å². The van der Waals surface area contributed by atoms with Gasteiger partial charge in [0.1, 0.15) is 0 Å². The van der Waals surface area contributed by atoms with Crippen LogP contribution in [-0.4, -0.2) is 15.0 Å². The van der Waals surface area contributed by atoms with Gasteiger partial charge >= 0.3 is 0 Å². The van der Waals surface area contributed by atoms with Gasteiger partial charge in [0.15, 0.2) is 17.5 Å². The molecule has 0 amide bonds. The van der Waals surface area contributed by atoms with Crippen LogP contribution < -0.4 is 0 Å². The molecule has 1 heterocycles. The van der Waals surface area contributed by atoms with E-state index in [1.165, 1.54) is 38.9 Å². The highest BCUT2D eigenvalue weighted by Crippen LogP contribution is 2.43. The molecule has 0 aliphatic carbocycles. The van der Waals surface area contributed by atoms with E-state index in [-0.39, 0.29) is 0 Å². The minimum Gasteiger partial charge on any atom is -0.208 e. The largest absolute Gasteiger partial charge is 0.208 e. The molecule has 0 N–H and O–H groups in total. The average molecular weight is 614 g/mol. The van der Waals surface area contributed by atoms with Crippen molar-refractivity contribution in [2.75, 3.05) is 0 Å². The quantitative estimate of drug-likeness (QED) is 0.179. The highest BCUT2D eigenvalue weighted by atomic mass is 15.0. The lowest BCUT2D eigenvalue weighted by atomic mass is 9.84. The van der Waals surface area contributed by atoms with Crippen LogP contribution in [0.1, 0.15) is 0 Å². The Hall–Kier alpha value is -6.45. The molecule has 0 saturated heterocycles. The first kappa shape index (κ1) is 29.0. The molecule has 0 aliphatic heterocycles. The van der Waals surface area contributed by atoms with Gasteiger partial charge in [-0.2, -0.15) is 0 Å². The monoisotopic (exact) mass is 613 g/mol. The lowest BCUT2D eigenvalue weighted by Gasteiger charge is -2.19. The summed E-state index contributed by atoms with van der Waals surface area (Å²) in [6.07, 6.45) is 0. The second-order valence-corrected chi connectivity index (χ2v) is 11.7. The van der Waals surface area contributed by atoms with E-state index in [1.807, 2.05) is 60.7 Å². The Kier molecular flexibility index (Phi) is 7.92. The lowest BCUT2D eigenvalue weighted by molar-refractivity contribution is 1.07. The van der Waals surface area contributed by atoms with Gasteiger partial charge in [-0.05, 0) is 56.6 Å². The van der Waals surface area contributed by atoms with E-state index in [0.717, 1.165) is 22.3 Å². The van der Waals surface area contributed by atoms with Crippen LogP contribution in [0.3, 0.4) is 0 Å². The zero-order valence-electron chi connectivity index (χ0n) is 26.2. The maximum Gasteiger partial charge on any atom is 0.164 e. The van der Waals surface area contributed by atoms with Crippen LogP contribution in [-0.2, 0) is 0 Å². The summed E-state index contributed by atoms with van der Waals surface area (Å²) in [6, 6.07) is 65.4. The van der Waals surface area contributed by atoms with E-state index in [0.29, 0.717) is 17.5 Å². The maximum absolute atomic E-state index is 4.96. The molecule has 48 heavy (non-hydrogen) atoms. The van der Waals surface area contributed by atoms with E-state index in [1.54, 1.807) is 0 Å². The van der Waals surface area contributed by atoms with Crippen molar-refractivity contribution in [1.82, 2.24) is 15.0 Å². The van der Waals surface area contributed by atoms with Gasteiger partial charge in [-0.25, -0.2) is 15.0 Å². The summed E-state index contributed by atoms with van der Waals surface area (Å²) in [7, 11) is 0. The van der Waals surface area contributed by atoms with Gasteiger partial charge in [0, 0.05) is 16.7 Å². The molecule has 7 aromatic carbocycles. The van der Waals surface area contributed by atoms with Gasteiger partial charge in [-0.1, -0.05) is 176 Å². The summed E-state index contributed by atoms with van der Waals surface area (Å²) in [5, 5.41) is 0. The van der Waals surface area contributed by atoms with Crippen molar-refractivity contribution in [2.24, 2.45) is 0 Å². The van der Waals surface area contributed by atoms with Crippen LogP contribution in [0, 0.1) is 0 Å². The number of nitrogens with zero attached hydrogens (tertiary/aromatic N) is 3. The van der Waals surface area contributed by atoms with Crippen LogP contribution in [0.25, 0.3) is 78.7 Å². The molecule has 0 bridgehead atoms. The van der Waals surface area contributed by atoms with Gasteiger partial charge in [0.05, 0.1) is 0 Å². The molecule has 0 saturated carbocycles. The van der Waals surface area contributed by atoms with Crippen molar-refractivity contribution in [3.8, 4) is 78.7 Å². The zero-order valence-corrected chi connectivity index (χ0v) is 26.2. The van der Waals surface area contributed by atoms with Crippen molar-refractivity contribution in [1.29, 1.82) is 0 Å². The molecular formula is C45H31N3. The maximum atomic E-state index is 4.96. The van der Waals surface area contributed by atoms with E-state index in [9.17, 15) is 0 Å². The predicted octanol–water partition coefficient (Wildman–Crippen LogP) is 11.5. The number of rotatable bonds is 7. The zero-order chi connectivity index (χ0) is 32.1. The Labute approximate surface area is 280 Å². The van der Waals surface area contributed by atoms with Crippen molar-refractivity contribution in [2.45, 2.75) is 0 Å². The standard InChI is InChI=1S/C45H31N3/c1-6-16-32(17-7-1)39-30-40(33-18-8-2-9-19-33)42(41(31-39)34-20-10-3-11-21-34)35-26-28-38(29-27-35)45-47-43(36-22-12-4-13-23-36)46-44(48-45)37-24-14-5-15-25-37/h1-31H. The number of benzene rings is 7. The fourth-order valence-electron chi connectivity index (χ4n) is 6.16. The number of hydrogen-bond donors (Lipinski definition) is 0. The summed E-state index contributed by atoms with van der Waals surface area (Å²) >= 11 is 0. The fraction of sp³-hybridized carbons (Fsp3) is 0. The van der Waals surface area contributed by atoms with E-state index in [2.05, 4.69) is 127 Å². The Morgan fingerprint density at radius 2 is 0.521 bits per heavy atom. The van der Waals surface area contributed by atoms with Crippen LogP contribution in [0.4, 0.5) is 0 Å². The summed E-state index contributed by atoms with van der Waals surface area (Å²) < 4.78 is 0. The summed E-state index contributed by atoms with van der Waals surface area (Å²) in [4.78, 5) is 14.8. The molecule has 0 unspecified atom stereocenters. The van der Waals surface area contributed by atoms with Gasteiger partial charge in [0.25, 0.3) is 0 Å². The van der Waals surface area contributed by atoms with Gasteiger partial charge in [-0.15, -0.1) is 0 Å². The summed E-state index contributed by atoms with van der Waals surface area (Å²) in [5.74, 6) is 1.94. The third-order valence-electron chi connectivity index (χ3n) is 8.55. The molecule has 8 aromatic rings. The minimum absolute atomic E-state index is 0.639. The van der Waals surface area contributed by atoms with Crippen molar-refractivity contribution in [3.63, 3.8) is 0 Å². The molecule has 0 spiro atoms. The Morgan fingerprint density at radius 3 is 0.896 bits per heavy atom. The second-order valence-electron chi connectivity index (χ2n) is 11.7. The number of aromatic nitrogens is 3. The van der Waals surface area contributed by atoms with E-state index >= 15 is 0 Å². The molecule has 1 aromatic heterocycles. The molecule has 0 aliphatic rings. The number of hydrogen-bond acceptors (Lipinski definition) is 3.